The van der Waals surface area contributed by atoms with Gasteiger partial charge < -0.3 is 10.2 Å². The summed E-state index contributed by atoms with van der Waals surface area (Å²) in [5, 5.41) is 18.4. The number of aliphatic hydroxyl groups is 1. The van der Waals surface area contributed by atoms with Crippen molar-refractivity contribution in [2.75, 3.05) is 0 Å². The largest absolute Gasteiger partial charge is 0.508 e. The molecule has 0 aliphatic carbocycles. The van der Waals surface area contributed by atoms with Crippen molar-refractivity contribution < 1.29 is 10.2 Å². The van der Waals surface area contributed by atoms with Crippen molar-refractivity contribution in [1.82, 2.24) is 4.98 Å². The topological polar surface area (TPSA) is 53.4 Å². The van der Waals surface area contributed by atoms with Crippen LogP contribution >= 0.6 is 0 Å². The van der Waals surface area contributed by atoms with Crippen LogP contribution in [-0.2, 0) is 6.61 Å². The Balaban J connectivity index is 2.46. The first-order valence-corrected chi connectivity index (χ1v) is 4.64. The number of hydrogen-bond donors (Lipinski definition) is 2. The first-order chi connectivity index (χ1) is 7.31. The molecule has 2 N–H and O–H groups in total. The van der Waals surface area contributed by atoms with Gasteiger partial charge in [-0.2, -0.15) is 0 Å². The van der Waals surface area contributed by atoms with Crippen molar-refractivity contribution in [2.45, 2.75) is 6.61 Å². The lowest BCUT2D eigenvalue weighted by molar-refractivity contribution is 0.275. The fourth-order valence-corrected chi connectivity index (χ4v) is 1.44. The number of hydrogen-bond acceptors (Lipinski definition) is 3. The minimum absolute atomic E-state index is 0.121. The Bertz CT molecular complexity index is 454. The molecule has 0 fully saturated rings. The van der Waals surface area contributed by atoms with Gasteiger partial charge in [-0.1, -0.05) is 6.07 Å². The SMILES string of the molecule is OCc1cc(-c2ccncc2)ccc1O. The monoisotopic (exact) mass is 201 g/mol. The normalized spacial score (nSPS) is 10.2. The molecule has 0 aliphatic rings. The third kappa shape index (κ3) is 1.97. The highest BCUT2D eigenvalue weighted by molar-refractivity contribution is 5.64. The van der Waals surface area contributed by atoms with Gasteiger partial charge in [0.05, 0.1) is 6.61 Å². The maximum atomic E-state index is 9.41. The van der Waals surface area contributed by atoms with E-state index in [0.717, 1.165) is 11.1 Å². The molecular formula is C12H11NO2. The molecule has 0 saturated heterocycles. The van der Waals surface area contributed by atoms with Gasteiger partial charge in [-0.15, -0.1) is 0 Å². The minimum Gasteiger partial charge on any atom is -0.508 e. The third-order valence-corrected chi connectivity index (χ3v) is 2.26. The molecule has 0 atom stereocenters. The molecule has 0 radical (unpaired) electrons. The van der Waals surface area contributed by atoms with Crippen LogP contribution in [0.5, 0.6) is 5.75 Å². The van der Waals surface area contributed by atoms with Crippen molar-refractivity contribution in [3.63, 3.8) is 0 Å². The molecule has 0 spiro atoms. The van der Waals surface area contributed by atoms with Gasteiger partial charge in [0.15, 0.2) is 0 Å². The van der Waals surface area contributed by atoms with E-state index < -0.39 is 0 Å². The van der Waals surface area contributed by atoms with E-state index in [1.807, 2.05) is 18.2 Å². The molecule has 15 heavy (non-hydrogen) atoms. The molecule has 3 heteroatoms. The highest BCUT2D eigenvalue weighted by Gasteiger charge is 2.02. The first-order valence-electron chi connectivity index (χ1n) is 4.64. The summed E-state index contributed by atoms with van der Waals surface area (Å²) in [4.78, 5) is 3.93. The molecule has 0 amide bonds. The molecule has 2 aromatic rings. The van der Waals surface area contributed by atoms with E-state index in [1.54, 1.807) is 24.5 Å². The summed E-state index contributed by atoms with van der Waals surface area (Å²) in [6.07, 6.45) is 3.42. The summed E-state index contributed by atoms with van der Waals surface area (Å²) < 4.78 is 0. The van der Waals surface area contributed by atoms with E-state index in [0.29, 0.717) is 5.56 Å². The molecule has 0 aliphatic heterocycles. The molecule has 3 nitrogen and oxygen atoms in total. The second kappa shape index (κ2) is 4.11. The van der Waals surface area contributed by atoms with Crippen LogP contribution in [0.15, 0.2) is 42.7 Å². The van der Waals surface area contributed by atoms with Gasteiger partial charge in [-0.3, -0.25) is 4.98 Å². The van der Waals surface area contributed by atoms with E-state index in [2.05, 4.69) is 4.98 Å². The first kappa shape index (κ1) is 9.68. The number of rotatable bonds is 2. The van der Waals surface area contributed by atoms with Crippen LogP contribution in [-0.4, -0.2) is 15.2 Å². The van der Waals surface area contributed by atoms with Crippen molar-refractivity contribution in [2.24, 2.45) is 0 Å². The number of pyridine rings is 1. The summed E-state index contributed by atoms with van der Waals surface area (Å²) in [5.41, 5.74) is 2.50. The summed E-state index contributed by atoms with van der Waals surface area (Å²) in [6.45, 7) is -0.162. The fraction of sp³-hybridized carbons (Fsp3) is 0.0833. The number of aliphatic hydroxyl groups excluding tert-OH is 1. The number of aromatic nitrogens is 1. The van der Waals surface area contributed by atoms with Crippen molar-refractivity contribution in [3.8, 4) is 16.9 Å². The number of phenols is 1. The Morgan fingerprint density at radius 1 is 1.00 bits per heavy atom. The van der Waals surface area contributed by atoms with Gasteiger partial charge in [0.1, 0.15) is 5.75 Å². The van der Waals surface area contributed by atoms with Crippen LogP contribution in [0.4, 0.5) is 0 Å². The lowest BCUT2D eigenvalue weighted by atomic mass is 10.0. The van der Waals surface area contributed by atoms with Gasteiger partial charge in [0.25, 0.3) is 0 Å². The maximum absolute atomic E-state index is 9.41. The van der Waals surface area contributed by atoms with Gasteiger partial charge >= 0.3 is 0 Å². The second-order valence-electron chi connectivity index (χ2n) is 3.24. The standard InChI is InChI=1S/C12H11NO2/c14-8-11-7-10(1-2-12(11)15)9-3-5-13-6-4-9/h1-7,14-15H,8H2. The minimum atomic E-state index is -0.162. The Hall–Kier alpha value is -1.87. The average molecular weight is 201 g/mol. The Kier molecular flexibility index (Phi) is 2.65. The van der Waals surface area contributed by atoms with Crippen LogP contribution in [0, 0.1) is 0 Å². The zero-order valence-electron chi connectivity index (χ0n) is 8.09. The number of benzene rings is 1. The second-order valence-corrected chi connectivity index (χ2v) is 3.24. The van der Waals surface area contributed by atoms with Gasteiger partial charge in [-0.05, 0) is 35.4 Å². The summed E-state index contributed by atoms with van der Waals surface area (Å²) in [6, 6.07) is 8.93. The smallest absolute Gasteiger partial charge is 0.121 e. The molecular weight excluding hydrogens is 190 g/mol. The van der Waals surface area contributed by atoms with Crippen LogP contribution < -0.4 is 0 Å². The van der Waals surface area contributed by atoms with Gasteiger partial charge in [0, 0.05) is 18.0 Å². The summed E-state index contributed by atoms with van der Waals surface area (Å²) in [5.74, 6) is 0.121. The number of nitrogens with zero attached hydrogens (tertiary/aromatic N) is 1. The molecule has 0 unspecified atom stereocenters. The predicted octanol–water partition coefficient (Wildman–Crippen LogP) is 1.95. The van der Waals surface area contributed by atoms with Crippen LogP contribution in [0.2, 0.25) is 0 Å². The van der Waals surface area contributed by atoms with E-state index >= 15 is 0 Å². The highest BCUT2D eigenvalue weighted by atomic mass is 16.3. The average Bonchev–Trinajstić information content (AvgIpc) is 2.31. The van der Waals surface area contributed by atoms with E-state index in [-0.39, 0.29) is 12.4 Å². The lowest BCUT2D eigenvalue weighted by Crippen LogP contribution is -1.86. The fourth-order valence-electron chi connectivity index (χ4n) is 1.44. The maximum Gasteiger partial charge on any atom is 0.121 e. The quantitative estimate of drug-likeness (QED) is 0.780. The molecule has 0 saturated carbocycles. The van der Waals surface area contributed by atoms with Crippen LogP contribution in [0.1, 0.15) is 5.56 Å². The molecule has 76 valence electrons. The molecule has 2 rings (SSSR count). The van der Waals surface area contributed by atoms with E-state index in [4.69, 9.17) is 5.11 Å². The third-order valence-electron chi connectivity index (χ3n) is 2.26. The summed E-state index contributed by atoms with van der Waals surface area (Å²) in [7, 11) is 0. The van der Waals surface area contributed by atoms with Crippen LogP contribution in [0.25, 0.3) is 11.1 Å². The zero-order chi connectivity index (χ0) is 10.7. The van der Waals surface area contributed by atoms with Crippen LogP contribution in [0.3, 0.4) is 0 Å². The lowest BCUT2D eigenvalue weighted by Gasteiger charge is -2.05. The number of aromatic hydroxyl groups is 1. The van der Waals surface area contributed by atoms with Gasteiger partial charge in [-0.25, -0.2) is 0 Å². The Morgan fingerprint density at radius 2 is 1.73 bits per heavy atom. The van der Waals surface area contributed by atoms with Gasteiger partial charge in [0.2, 0.25) is 0 Å². The Labute approximate surface area is 87.7 Å². The van der Waals surface area contributed by atoms with Crippen molar-refractivity contribution in [3.05, 3.63) is 48.3 Å². The zero-order valence-corrected chi connectivity index (χ0v) is 8.09. The molecule has 1 heterocycles. The van der Waals surface area contributed by atoms with Crippen molar-refractivity contribution in [1.29, 1.82) is 0 Å². The molecule has 1 aromatic heterocycles. The van der Waals surface area contributed by atoms with Crippen molar-refractivity contribution >= 4 is 0 Å². The van der Waals surface area contributed by atoms with E-state index in [1.165, 1.54) is 0 Å². The highest BCUT2D eigenvalue weighted by Crippen LogP contribution is 2.25. The molecule has 1 aromatic carbocycles. The van der Waals surface area contributed by atoms with E-state index in [9.17, 15) is 5.11 Å². The molecule has 0 bridgehead atoms. The Morgan fingerprint density at radius 3 is 2.40 bits per heavy atom. The predicted molar refractivity (Wildman–Crippen MR) is 57.3 cm³/mol. The summed E-state index contributed by atoms with van der Waals surface area (Å²) >= 11 is 0.